The molecule has 0 aliphatic heterocycles. The Balaban J connectivity index is 1.54. The molecule has 3 N–H and O–H groups in total. The lowest BCUT2D eigenvalue weighted by molar-refractivity contribution is 0.248. The number of nitrogens with one attached hydrogen (secondary N) is 1. The lowest BCUT2D eigenvalue weighted by Crippen LogP contribution is -2.43. The first-order chi connectivity index (χ1) is 12.4. The molecule has 0 bridgehead atoms. The SMILES string of the molecule is CN(C1CCC(NCc2ccn(C)c2)CC1)S(=O)(=O)c1ccc(N)cc1. The molecule has 1 aromatic carbocycles. The summed E-state index contributed by atoms with van der Waals surface area (Å²) in [6.07, 6.45) is 7.88. The van der Waals surface area contributed by atoms with Gasteiger partial charge in [-0.25, -0.2) is 8.42 Å². The molecule has 2 aromatic rings. The van der Waals surface area contributed by atoms with E-state index >= 15 is 0 Å². The highest BCUT2D eigenvalue weighted by molar-refractivity contribution is 7.89. The molecule has 26 heavy (non-hydrogen) atoms. The van der Waals surface area contributed by atoms with E-state index in [9.17, 15) is 8.42 Å². The highest BCUT2D eigenvalue weighted by Crippen LogP contribution is 2.27. The Morgan fingerprint density at radius 1 is 1.15 bits per heavy atom. The smallest absolute Gasteiger partial charge is 0.243 e. The fraction of sp³-hybridized carbons (Fsp3) is 0.474. The molecule has 3 rings (SSSR count). The van der Waals surface area contributed by atoms with E-state index in [0.717, 1.165) is 32.2 Å². The summed E-state index contributed by atoms with van der Waals surface area (Å²) in [6.45, 7) is 0.857. The molecule has 1 aliphatic rings. The number of nitrogens with two attached hydrogens (primary N) is 1. The van der Waals surface area contributed by atoms with Gasteiger partial charge < -0.3 is 15.6 Å². The van der Waals surface area contributed by atoms with E-state index in [0.29, 0.717) is 16.6 Å². The van der Waals surface area contributed by atoms with E-state index < -0.39 is 10.0 Å². The minimum absolute atomic E-state index is 0.0485. The van der Waals surface area contributed by atoms with E-state index in [1.165, 1.54) is 9.87 Å². The van der Waals surface area contributed by atoms with Gasteiger partial charge in [-0.1, -0.05) is 0 Å². The summed E-state index contributed by atoms with van der Waals surface area (Å²) in [7, 11) is 0.238. The molecular weight excluding hydrogens is 348 g/mol. The van der Waals surface area contributed by atoms with Crippen molar-refractivity contribution in [2.75, 3.05) is 12.8 Å². The van der Waals surface area contributed by atoms with Gasteiger partial charge in [-0.15, -0.1) is 0 Å². The third-order valence-corrected chi connectivity index (χ3v) is 7.18. The van der Waals surface area contributed by atoms with Gasteiger partial charge in [-0.3, -0.25) is 0 Å². The van der Waals surface area contributed by atoms with Crippen LogP contribution in [0.1, 0.15) is 31.2 Å². The summed E-state index contributed by atoms with van der Waals surface area (Å²) in [6, 6.07) is 9.02. The molecule has 0 radical (unpaired) electrons. The van der Waals surface area contributed by atoms with Crippen LogP contribution in [0.25, 0.3) is 0 Å². The predicted molar refractivity (Wildman–Crippen MR) is 104 cm³/mol. The molecule has 0 amide bonds. The first kappa shape index (κ1) is 18.9. The van der Waals surface area contributed by atoms with Crippen LogP contribution in [-0.4, -0.2) is 36.4 Å². The number of nitrogens with zero attached hydrogens (tertiary/aromatic N) is 2. The minimum Gasteiger partial charge on any atom is -0.399 e. The van der Waals surface area contributed by atoms with Crippen LogP contribution in [0.5, 0.6) is 0 Å². The van der Waals surface area contributed by atoms with Crippen molar-refractivity contribution in [3.63, 3.8) is 0 Å². The number of aryl methyl sites for hydroxylation is 1. The number of aromatic nitrogens is 1. The fourth-order valence-corrected chi connectivity index (χ4v) is 4.99. The monoisotopic (exact) mass is 376 g/mol. The molecular formula is C19H28N4O2S. The number of anilines is 1. The van der Waals surface area contributed by atoms with Crippen molar-refractivity contribution in [3.05, 3.63) is 48.3 Å². The first-order valence-electron chi connectivity index (χ1n) is 9.04. The average Bonchev–Trinajstić information content (AvgIpc) is 3.05. The van der Waals surface area contributed by atoms with E-state index in [4.69, 9.17) is 5.73 Å². The molecule has 1 heterocycles. The Bertz CT molecular complexity index is 821. The molecule has 0 unspecified atom stereocenters. The zero-order valence-electron chi connectivity index (χ0n) is 15.4. The number of nitrogen functional groups attached to an aromatic ring is 1. The van der Waals surface area contributed by atoms with Crippen LogP contribution in [0.4, 0.5) is 5.69 Å². The summed E-state index contributed by atoms with van der Waals surface area (Å²) in [5.41, 5.74) is 7.50. The Morgan fingerprint density at radius 3 is 2.38 bits per heavy atom. The Kier molecular flexibility index (Phi) is 5.70. The molecule has 6 nitrogen and oxygen atoms in total. The third kappa shape index (κ3) is 4.28. The molecule has 1 aliphatic carbocycles. The number of benzene rings is 1. The summed E-state index contributed by atoms with van der Waals surface area (Å²) in [4.78, 5) is 0.304. The Hall–Kier alpha value is -1.83. The summed E-state index contributed by atoms with van der Waals surface area (Å²) >= 11 is 0. The van der Waals surface area contributed by atoms with Crippen molar-refractivity contribution in [2.24, 2.45) is 7.05 Å². The maximum Gasteiger partial charge on any atom is 0.243 e. The first-order valence-corrected chi connectivity index (χ1v) is 10.5. The van der Waals surface area contributed by atoms with Crippen LogP contribution in [0.3, 0.4) is 0 Å². The van der Waals surface area contributed by atoms with Gasteiger partial charge in [0.1, 0.15) is 0 Å². The number of rotatable bonds is 6. The van der Waals surface area contributed by atoms with Gasteiger partial charge in [0.15, 0.2) is 0 Å². The van der Waals surface area contributed by atoms with Gasteiger partial charge >= 0.3 is 0 Å². The van der Waals surface area contributed by atoms with Gasteiger partial charge in [0, 0.05) is 50.8 Å². The van der Waals surface area contributed by atoms with Crippen molar-refractivity contribution >= 4 is 15.7 Å². The van der Waals surface area contributed by atoms with Crippen LogP contribution < -0.4 is 11.1 Å². The quantitative estimate of drug-likeness (QED) is 0.758. The van der Waals surface area contributed by atoms with E-state index in [-0.39, 0.29) is 6.04 Å². The zero-order valence-corrected chi connectivity index (χ0v) is 16.2. The topological polar surface area (TPSA) is 80.4 Å². The average molecular weight is 377 g/mol. The van der Waals surface area contributed by atoms with Crippen molar-refractivity contribution in [1.82, 2.24) is 14.2 Å². The van der Waals surface area contributed by atoms with Gasteiger partial charge in [0.2, 0.25) is 10.0 Å². The minimum atomic E-state index is -3.47. The van der Waals surface area contributed by atoms with Crippen molar-refractivity contribution < 1.29 is 8.42 Å². The molecule has 0 atom stereocenters. The van der Waals surface area contributed by atoms with Gasteiger partial charge in [-0.05, 0) is 61.6 Å². The molecule has 7 heteroatoms. The Labute approximate surface area is 156 Å². The van der Waals surface area contributed by atoms with Gasteiger partial charge in [-0.2, -0.15) is 4.31 Å². The van der Waals surface area contributed by atoms with Crippen molar-refractivity contribution in [3.8, 4) is 0 Å². The maximum absolute atomic E-state index is 12.8. The van der Waals surface area contributed by atoms with Crippen LogP contribution in [0, 0.1) is 0 Å². The van der Waals surface area contributed by atoms with Crippen LogP contribution in [-0.2, 0) is 23.6 Å². The van der Waals surface area contributed by atoms with E-state index in [1.54, 1.807) is 31.3 Å². The molecule has 0 spiro atoms. The zero-order chi connectivity index (χ0) is 18.7. The molecule has 1 saturated carbocycles. The standard InChI is InChI=1S/C19H28N4O2S/c1-22-12-11-15(14-22)13-21-17-5-7-18(8-6-17)23(2)26(24,25)19-9-3-16(20)4-10-19/h3-4,9-12,14,17-18,21H,5-8,13,20H2,1-2H3. The predicted octanol–water partition coefficient (Wildman–Crippen LogP) is 2.33. The Morgan fingerprint density at radius 2 is 1.81 bits per heavy atom. The normalized spacial score (nSPS) is 21.2. The summed E-state index contributed by atoms with van der Waals surface area (Å²) < 4.78 is 29.2. The van der Waals surface area contributed by atoms with Crippen molar-refractivity contribution in [1.29, 1.82) is 0 Å². The van der Waals surface area contributed by atoms with Crippen LogP contribution >= 0.6 is 0 Å². The van der Waals surface area contributed by atoms with Gasteiger partial charge in [0.05, 0.1) is 4.90 Å². The van der Waals surface area contributed by atoms with E-state index in [2.05, 4.69) is 17.6 Å². The second kappa shape index (κ2) is 7.82. The summed E-state index contributed by atoms with van der Waals surface area (Å²) in [5, 5.41) is 3.59. The van der Waals surface area contributed by atoms with Crippen LogP contribution in [0.2, 0.25) is 0 Å². The number of hydrogen-bond acceptors (Lipinski definition) is 4. The lowest BCUT2D eigenvalue weighted by atomic mass is 9.91. The highest BCUT2D eigenvalue weighted by Gasteiger charge is 2.31. The fourth-order valence-electron chi connectivity index (χ4n) is 3.57. The second-order valence-electron chi connectivity index (χ2n) is 7.16. The van der Waals surface area contributed by atoms with Crippen LogP contribution in [0.15, 0.2) is 47.6 Å². The molecule has 0 saturated heterocycles. The van der Waals surface area contributed by atoms with E-state index in [1.807, 2.05) is 17.8 Å². The number of hydrogen-bond donors (Lipinski definition) is 2. The third-order valence-electron chi connectivity index (χ3n) is 5.26. The number of sulfonamides is 1. The summed E-state index contributed by atoms with van der Waals surface area (Å²) in [5.74, 6) is 0. The van der Waals surface area contributed by atoms with Crippen molar-refractivity contribution in [2.45, 2.75) is 49.2 Å². The molecule has 142 valence electrons. The largest absolute Gasteiger partial charge is 0.399 e. The van der Waals surface area contributed by atoms with Gasteiger partial charge in [0.25, 0.3) is 0 Å². The highest BCUT2D eigenvalue weighted by atomic mass is 32.2. The second-order valence-corrected chi connectivity index (χ2v) is 9.16. The maximum atomic E-state index is 12.8. The molecule has 1 aromatic heterocycles. The lowest BCUT2D eigenvalue weighted by Gasteiger charge is -2.34. The molecule has 1 fully saturated rings.